The van der Waals surface area contributed by atoms with Crippen molar-refractivity contribution in [1.29, 1.82) is 5.26 Å². The van der Waals surface area contributed by atoms with Crippen LogP contribution in [0.25, 0.3) is 33.2 Å². The van der Waals surface area contributed by atoms with Gasteiger partial charge in [0.25, 0.3) is 0 Å². The Morgan fingerprint density at radius 2 is 1.84 bits per heavy atom. The Balaban J connectivity index is 1.13. The minimum absolute atomic E-state index is 0.0250. The molecule has 0 radical (unpaired) electrons. The SMILES string of the molecule is COc1cc(Cn2ncc3c(-c4cccc(-c5cc(F)c(CNC[C@@H]6CCC(=O)N6)c(OC)c5)c4Cl)cccc32)c(C#N)cc1CN(C)[C@H]1C[C@H](C(=O)O)C1. The highest BCUT2D eigenvalue weighted by atomic mass is 35.5. The summed E-state index contributed by atoms with van der Waals surface area (Å²) in [6, 6.07) is 21.0. The van der Waals surface area contributed by atoms with Gasteiger partial charge in [0.1, 0.15) is 17.3 Å². The number of rotatable bonds is 14. The van der Waals surface area contributed by atoms with E-state index in [1.807, 2.05) is 60.3 Å². The van der Waals surface area contributed by atoms with Crippen LogP contribution in [0.15, 0.2) is 66.9 Å². The first-order valence-corrected chi connectivity index (χ1v) is 18.6. The molecule has 7 rings (SSSR count). The minimum atomic E-state index is -0.758. The van der Waals surface area contributed by atoms with Gasteiger partial charge in [-0.05, 0) is 73.3 Å². The molecule has 5 aromatic rings. The lowest BCUT2D eigenvalue weighted by Crippen LogP contribution is -2.44. The molecule has 2 heterocycles. The van der Waals surface area contributed by atoms with E-state index in [4.69, 9.17) is 26.2 Å². The van der Waals surface area contributed by atoms with Crippen molar-refractivity contribution >= 4 is 34.4 Å². The lowest BCUT2D eigenvalue weighted by molar-refractivity contribution is -0.146. The number of aromatic nitrogens is 2. The summed E-state index contributed by atoms with van der Waals surface area (Å²) < 4.78 is 28.9. The summed E-state index contributed by atoms with van der Waals surface area (Å²) in [7, 11) is 5.07. The molecule has 2 aliphatic rings. The number of nitrogens with one attached hydrogen (secondary N) is 2. The van der Waals surface area contributed by atoms with Gasteiger partial charge in [-0.2, -0.15) is 10.4 Å². The minimum Gasteiger partial charge on any atom is -0.496 e. The predicted molar refractivity (Wildman–Crippen MR) is 207 cm³/mol. The fourth-order valence-electron chi connectivity index (χ4n) is 7.67. The summed E-state index contributed by atoms with van der Waals surface area (Å²) in [5.74, 6) is -0.426. The standard InChI is InChI=1S/C42H42ClFN6O5/c1-49(30-13-25(14-30)42(52)53)22-28-12-26(18-45)27(17-38(28)54-2)23-50-37-9-5-7-32(34(37)21-47-50)33-8-4-6-31(41(33)43)24-15-36(44)35(39(16-24)55-3)20-46-19-29-10-11-40(51)48-29/h4-9,12,15-17,21,25,29-30,46H,10-11,13-14,19-20,22-23H2,1-3H3,(H,48,51)(H,52,53)/t25-,29-,30-/m0/s1. The van der Waals surface area contributed by atoms with Crippen LogP contribution in [0.5, 0.6) is 11.5 Å². The number of nitriles is 1. The van der Waals surface area contributed by atoms with E-state index in [-0.39, 0.29) is 30.5 Å². The van der Waals surface area contributed by atoms with Crippen LogP contribution in [0.4, 0.5) is 4.39 Å². The fourth-order valence-corrected chi connectivity index (χ4v) is 8.01. The summed E-state index contributed by atoms with van der Waals surface area (Å²) in [5, 5.41) is 31.6. The van der Waals surface area contributed by atoms with Crippen molar-refractivity contribution in [1.82, 2.24) is 25.3 Å². The van der Waals surface area contributed by atoms with Crippen molar-refractivity contribution < 1.29 is 28.6 Å². The maximum absolute atomic E-state index is 15.7. The van der Waals surface area contributed by atoms with E-state index in [1.54, 1.807) is 19.4 Å². The van der Waals surface area contributed by atoms with Crippen molar-refractivity contribution in [3.8, 4) is 39.8 Å². The Hall–Kier alpha value is -5.48. The van der Waals surface area contributed by atoms with Crippen molar-refractivity contribution in [3.63, 3.8) is 0 Å². The lowest BCUT2D eigenvalue weighted by atomic mass is 9.79. The molecule has 55 heavy (non-hydrogen) atoms. The average molecular weight is 765 g/mol. The van der Waals surface area contributed by atoms with E-state index in [0.717, 1.165) is 39.6 Å². The van der Waals surface area contributed by atoms with Crippen molar-refractivity contribution in [2.24, 2.45) is 5.92 Å². The summed E-state index contributed by atoms with van der Waals surface area (Å²) >= 11 is 7.13. The van der Waals surface area contributed by atoms with Gasteiger partial charge in [-0.3, -0.25) is 19.2 Å². The van der Waals surface area contributed by atoms with Gasteiger partial charge < -0.3 is 25.2 Å². The Bertz CT molecular complexity index is 2320. The highest BCUT2D eigenvalue weighted by molar-refractivity contribution is 6.36. The topological polar surface area (TPSA) is 142 Å². The molecule has 0 spiro atoms. The monoisotopic (exact) mass is 764 g/mol. The van der Waals surface area contributed by atoms with Gasteiger partial charge in [0.15, 0.2) is 0 Å². The molecule has 1 aliphatic carbocycles. The number of benzene rings is 4. The second-order valence-electron chi connectivity index (χ2n) is 14.3. The number of methoxy groups -OCH3 is 2. The number of aliphatic carboxylic acids is 1. The smallest absolute Gasteiger partial charge is 0.306 e. The van der Waals surface area contributed by atoms with Gasteiger partial charge in [-0.15, -0.1) is 0 Å². The van der Waals surface area contributed by atoms with Crippen LogP contribution in [0.2, 0.25) is 5.02 Å². The van der Waals surface area contributed by atoms with Gasteiger partial charge >= 0.3 is 5.97 Å². The number of carboxylic acid groups (broad SMARTS) is 1. The first-order valence-electron chi connectivity index (χ1n) is 18.2. The third kappa shape index (κ3) is 7.73. The highest BCUT2D eigenvalue weighted by Crippen LogP contribution is 2.41. The Morgan fingerprint density at radius 1 is 1.09 bits per heavy atom. The van der Waals surface area contributed by atoms with Crippen molar-refractivity contribution in [2.45, 2.75) is 57.4 Å². The molecule has 1 saturated carbocycles. The molecule has 284 valence electrons. The normalized spacial score (nSPS) is 17.9. The molecular formula is C42H42ClFN6O5. The number of carbonyl (C=O) groups is 2. The zero-order chi connectivity index (χ0) is 38.8. The molecule has 1 saturated heterocycles. The van der Waals surface area contributed by atoms with Crippen molar-refractivity contribution in [2.75, 3.05) is 27.8 Å². The Labute approximate surface area is 323 Å². The molecule has 0 bridgehead atoms. The summed E-state index contributed by atoms with van der Waals surface area (Å²) in [6.45, 7) is 1.60. The zero-order valence-corrected chi connectivity index (χ0v) is 31.6. The number of halogens is 2. The third-order valence-corrected chi connectivity index (χ3v) is 11.3. The summed E-state index contributed by atoms with van der Waals surface area (Å²) in [5.41, 5.74) is 6.14. The Morgan fingerprint density at radius 3 is 2.55 bits per heavy atom. The van der Waals surface area contributed by atoms with Gasteiger partial charge in [-0.1, -0.05) is 41.9 Å². The van der Waals surface area contributed by atoms with Crippen LogP contribution in [-0.4, -0.2) is 71.6 Å². The summed E-state index contributed by atoms with van der Waals surface area (Å²) in [4.78, 5) is 25.0. The predicted octanol–water partition coefficient (Wildman–Crippen LogP) is 6.76. The van der Waals surface area contributed by atoms with E-state index in [2.05, 4.69) is 21.6 Å². The molecule has 13 heteroatoms. The first kappa shape index (κ1) is 37.8. The van der Waals surface area contributed by atoms with Crippen LogP contribution in [-0.2, 0) is 29.2 Å². The van der Waals surface area contributed by atoms with Crippen LogP contribution < -0.4 is 20.1 Å². The number of nitrogens with zero attached hydrogens (tertiary/aromatic N) is 4. The molecule has 3 N–H and O–H groups in total. The largest absolute Gasteiger partial charge is 0.496 e. The zero-order valence-electron chi connectivity index (χ0n) is 30.9. The van der Waals surface area contributed by atoms with Gasteiger partial charge in [0.05, 0.1) is 55.1 Å². The van der Waals surface area contributed by atoms with E-state index >= 15 is 4.39 Å². The molecule has 1 amide bonds. The molecule has 1 aliphatic heterocycles. The number of amides is 1. The van der Waals surface area contributed by atoms with Gasteiger partial charge in [0, 0.05) is 65.8 Å². The van der Waals surface area contributed by atoms with E-state index in [1.165, 1.54) is 13.2 Å². The molecule has 1 aromatic heterocycles. The molecule has 4 aromatic carbocycles. The van der Waals surface area contributed by atoms with Crippen LogP contribution in [0.3, 0.4) is 0 Å². The highest BCUT2D eigenvalue weighted by Gasteiger charge is 2.37. The number of hydrogen-bond acceptors (Lipinski definition) is 8. The molecule has 0 unspecified atom stereocenters. The number of fused-ring (bicyclic) bond motifs is 1. The van der Waals surface area contributed by atoms with Crippen LogP contribution >= 0.6 is 11.6 Å². The average Bonchev–Trinajstić information content (AvgIpc) is 3.77. The number of ether oxygens (including phenoxy) is 2. The van der Waals surface area contributed by atoms with E-state index in [9.17, 15) is 20.0 Å². The lowest BCUT2D eigenvalue weighted by Gasteiger charge is -2.39. The molecule has 2 fully saturated rings. The summed E-state index contributed by atoms with van der Waals surface area (Å²) in [6.07, 6.45) is 4.24. The van der Waals surface area contributed by atoms with Crippen molar-refractivity contribution in [3.05, 3.63) is 100.0 Å². The number of hydrogen-bond donors (Lipinski definition) is 3. The maximum Gasteiger partial charge on any atom is 0.306 e. The van der Waals surface area contributed by atoms with E-state index < -0.39 is 11.8 Å². The maximum atomic E-state index is 15.7. The second-order valence-corrected chi connectivity index (χ2v) is 14.7. The molecule has 11 nitrogen and oxygen atoms in total. The molecule has 1 atom stereocenters. The third-order valence-electron chi connectivity index (χ3n) is 10.9. The Kier molecular flexibility index (Phi) is 11.1. The van der Waals surface area contributed by atoms with Gasteiger partial charge in [-0.25, -0.2) is 4.39 Å². The van der Waals surface area contributed by atoms with Gasteiger partial charge in [0.2, 0.25) is 5.91 Å². The van der Waals surface area contributed by atoms with Crippen LogP contribution in [0, 0.1) is 23.1 Å². The van der Waals surface area contributed by atoms with Crippen LogP contribution in [0.1, 0.15) is 47.9 Å². The first-order chi connectivity index (χ1) is 26.6. The number of carboxylic acids is 1. The second kappa shape index (κ2) is 16.1. The fraction of sp³-hybridized carbons (Fsp3) is 0.333. The van der Waals surface area contributed by atoms with E-state index in [0.29, 0.717) is 77.7 Å². The quantitative estimate of drug-likeness (QED) is 0.112. The number of carbonyl (C=O) groups excluding carboxylic acids is 1. The molecular weight excluding hydrogens is 723 g/mol.